The van der Waals surface area contributed by atoms with Gasteiger partial charge in [-0.2, -0.15) is 0 Å². The molecule has 0 saturated heterocycles. The van der Waals surface area contributed by atoms with Crippen molar-refractivity contribution in [2.24, 2.45) is 5.92 Å². The third kappa shape index (κ3) is 6.28. The molecule has 0 fully saturated rings. The van der Waals surface area contributed by atoms with Crippen molar-refractivity contribution in [3.63, 3.8) is 0 Å². The van der Waals surface area contributed by atoms with Crippen LogP contribution >= 0.6 is 0 Å². The Balaban J connectivity index is 1.89. The quantitative estimate of drug-likeness (QED) is 0.554. The maximum absolute atomic E-state index is 12.9. The molecule has 174 valence electrons. The number of hydrogen-bond donors (Lipinski definition) is 1. The van der Waals surface area contributed by atoms with Gasteiger partial charge in [-0.15, -0.1) is 0 Å². The number of cyclic esters (lactones) is 1. The Labute approximate surface area is 192 Å². The summed E-state index contributed by atoms with van der Waals surface area (Å²) in [6.07, 6.45) is -0.000508. The number of phenolic OH excluding ortho intramolecular Hbond substituents is 1. The van der Waals surface area contributed by atoms with Gasteiger partial charge < -0.3 is 14.6 Å². The zero-order valence-electron chi connectivity index (χ0n) is 18.8. The number of aryl methyl sites for hydroxylation is 1. The molecule has 2 atom stereocenters. The lowest BCUT2D eigenvalue weighted by Gasteiger charge is -2.22. The molecule has 1 heterocycles. The van der Waals surface area contributed by atoms with Crippen molar-refractivity contribution in [2.45, 2.75) is 58.7 Å². The minimum absolute atomic E-state index is 0.0213. The number of phenols is 1. The minimum Gasteiger partial charge on any atom is -0.507 e. The minimum atomic E-state index is -0.980. The second-order valence-electron chi connectivity index (χ2n) is 8.41. The summed E-state index contributed by atoms with van der Waals surface area (Å²) in [6, 6.07) is 12.5. The number of carbonyl (C=O) groups excluding carboxylic acids is 4. The van der Waals surface area contributed by atoms with Gasteiger partial charge in [-0.3, -0.25) is 14.4 Å². The molecule has 0 radical (unpaired) electrons. The summed E-state index contributed by atoms with van der Waals surface area (Å²) in [7, 11) is 0. The molecular weight excluding hydrogens is 424 g/mol. The molecule has 33 heavy (non-hydrogen) atoms. The highest BCUT2D eigenvalue weighted by Crippen LogP contribution is 2.31. The Morgan fingerprint density at radius 3 is 2.39 bits per heavy atom. The monoisotopic (exact) mass is 452 g/mol. The van der Waals surface area contributed by atoms with Crippen LogP contribution in [0.5, 0.6) is 11.5 Å². The summed E-state index contributed by atoms with van der Waals surface area (Å²) in [6.45, 7) is 3.76. The van der Waals surface area contributed by atoms with E-state index in [1.807, 2.05) is 30.3 Å². The van der Waals surface area contributed by atoms with E-state index in [4.69, 9.17) is 9.47 Å². The molecule has 7 heteroatoms. The van der Waals surface area contributed by atoms with Crippen molar-refractivity contribution in [1.29, 1.82) is 0 Å². The first-order chi connectivity index (χ1) is 15.8. The van der Waals surface area contributed by atoms with Crippen LogP contribution < -0.4 is 4.74 Å². The number of hydrogen-bond acceptors (Lipinski definition) is 7. The van der Waals surface area contributed by atoms with E-state index in [2.05, 4.69) is 0 Å². The molecule has 1 aliphatic rings. The number of benzene rings is 2. The number of ether oxygens (including phenoxy) is 2. The van der Waals surface area contributed by atoms with Gasteiger partial charge >= 0.3 is 5.97 Å². The van der Waals surface area contributed by atoms with E-state index in [0.29, 0.717) is 17.7 Å². The number of carbonyl (C=O) groups is 4. The van der Waals surface area contributed by atoms with Gasteiger partial charge in [0, 0.05) is 18.9 Å². The number of aromatic hydroxyl groups is 1. The Hall–Kier alpha value is -3.48. The van der Waals surface area contributed by atoms with Crippen LogP contribution in [-0.2, 0) is 32.1 Å². The molecule has 2 aromatic carbocycles. The van der Waals surface area contributed by atoms with Crippen LogP contribution in [0.4, 0.5) is 0 Å². The zero-order chi connectivity index (χ0) is 24.0. The van der Waals surface area contributed by atoms with Crippen LogP contribution in [0.1, 0.15) is 61.0 Å². The predicted octanol–water partition coefficient (Wildman–Crippen LogP) is 3.98. The molecule has 7 nitrogen and oxygen atoms in total. The van der Waals surface area contributed by atoms with Gasteiger partial charge in [0.25, 0.3) is 5.78 Å². The molecule has 0 amide bonds. The fourth-order valence-corrected chi connectivity index (χ4v) is 3.67. The van der Waals surface area contributed by atoms with Crippen LogP contribution in [0.3, 0.4) is 0 Å². The predicted molar refractivity (Wildman–Crippen MR) is 120 cm³/mol. The number of fused-ring (bicyclic) bond motifs is 1. The van der Waals surface area contributed by atoms with Crippen LogP contribution in [0, 0.1) is 5.92 Å². The molecule has 0 aliphatic carbocycles. The molecular formula is C26H28O7. The molecule has 3 rings (SSSR count). The maximum Gasteiger partial charge on any atom is 0.342 e. The topological polar surface area (TPSA) is 107 Å². The molecule has 0 aromatic heterocycles. The summed E-state index contributed by atoms with van der Waals surface area (Å²) >= 11 is 0. The highest BCUT2D eigenvalue weighted by Gasteiger charge is 2.27. The smallest absolute Gasteiger partial charge is 0.342 e. The van der Waals surface area contributed by atoms with Gasteiger partial charge in [0.2, 0.25) is 11.6 Å². The van der Waals surface area contributed by atoms with Crippen LogP contribution in [-0.4, -0.2) is 34.5 Å². The largest absolute Gasteiger partial charge is 0.507 e. The SMILES string of the molecule is C[C@@H]1CCC(=O)C(=O)C(=O)CCCc2cc(OCc3ccccc3)cc(O)c2C(=O)O[C@H]1C. The van der Waals surface area contributed by atoms with E-state index in [1.54, 1.807) is 19.9 Å². The second kappa shape index (κ2) is 10.9. The fourth-order valence-electron chi connectivity index (χ4n) is 3.67. The van der Waals surface area contributed by atoms with Crippen molar-refractivity contribution < 1.29 is 33.8 Å². The standard InChI is InChI=1S/C26H28O7/c1-16-11-12-22(28)25(30)21(27)10-6-9-19-13-20(32-15-18-7-4-3-5-8-18)14-23(29)24(19)26(31)33-17(16)2/h3-5,7-8,13-14,16-17,29H,6,9-12,15H2,1-2H3/t16-,17+/m1/s1. The van der Waals surface area contributed by atoms with Crippen LogP contribution in [0.25, 0.3) is 0 Å². The molecule has 0 saturated carbocycles. The number of Topliss-reactive ketones (excluding diaryl/α,β-unsaturated/α-hetero) is 3. The molecule has 1 aliphatic heterocycles. The lowest BCUT2D eigenvalue weighted by molar-refractivity contribution is -0.144. The van der Waals surface area contributed by atoms with Gasteiger partial charge in [0.1, 0.15) is 29.8 Å². The number of rotatable bonds is 3. The summed E-state index contributed by atoms with van der Waals surface area (Å²) < 4.78 is 11.4. The summed E-state index contributed by atoms with van der Waals surface area (Å²) in [4.78, 5) is 49.2. The number of ketones is 3. The van der Waals surface area contributed by atoms with Crippen molar-refractivity contribution in [3.8, 4) is 11.5 Å². The fraction of sp³-hybridized carbons (Fsp3) is 0.385. The summed E-state index contributed by atoms with van der Waals surface area (Å²) in [5.41, 5.74) is 1.41. The van der Waals surface area contributed by atoms with E-state index in [1.165, 1.54) is 6.07 Å². The van der Waals surface area contributed by atoms with E-state index < -0.39 is 29.4 Å². The Bertz CT molecular complexity index is 1040. The molecule has 0 unspecified atom stereocenters. The van der Waals surface area contributed by atoms with Crippen molar-refractivity contribution in [1.82, 2.24) is 0 Å². The first-order valence-electron chi connectivity index (χ1n) is 11.1. The van der Waals surface area contributed by atoms with Gasteiger partial charge in [-0.25, -0.2) is 4.79 Å². The Morgan fingerprint density at radius 2 is 1.67 bits per heavy atom. The van der Waals surface area contributed by atoms with Crippen molar-refractivity contribution in [3.05, 3.63) is 59.2 Å². The Kier molecular flexibility index (Phi) is 7.98. The third-order valence-corrected chi connectivity index (χ3v) is 5.90. The summed E-state index contributed by atoms with van der Waals surface area (Å²) in [5, 5.41) is 10.6. The van der Waals surface area contributed by atoms with Crippen LogP contribution in [0.2, 0.25) is 0 Å². The molecule has 0 spiro atoms. The average molecular weight is 453 g/mol. The van der Waals surface area contributed by atoms with Crippen molar-refractivity contribution >= 4 is 23.3 Å². The Morgan fingerprint density at radius 1 is 0.970 bits per heavy atom. The first kappa shape index (κ1) is 24.2. The van der Waals surface area contributed by atoms with Gasteiger partial charge in [-0.05, 0) is 49.3 Å². The lowest BCUT2D eigenvalue weighted by Crippen LogP contribution is -2.27. The second-order valence-corrected chi connectivity index (χ2v) is 8.41. The van der Waals surface area contributed by atoms with Crippen molar-refractivity contribution in [2.75, 3.05) is 0 Å². The van der Waals surface area contributed by atoms with E-state index in [0.717, 1.165) is 5.56 Å². The van der Waals surface area contributed by atoms with E-state index >= 15 is 0 Å². The molecule has 0 bridgehead atoms. The van der Waals surface area contributed by atoms with Crippen LogP contribution in [0.15, 0.2) is 42.5 Å². The lowest BCUT2D eigenvalue weighted by atomic mass is 9.94. The summed E-state index contributed by atoms with van der Waals surface area (Å²) in [5.74, 6) is -3.23. The van der Waals surface area contributed by atoms with Gasteiger partial charge in [-0.1, -0.05) is 37.3 Å². The first-order valence-corrected chi connectivity index (χ1v) is 11.1. The zero-order valence-corrected chi connectivity index (χ0v) is 18.8. The highest BCUT2D eigenvalue weighted by molar-refractivity contribution is 6.63. The average Bonchev–Trinajstić information content (AvgIpc) is 2.80. The normalized spacial score (nSPS) is 20.5. The third-order valence-electron chi connectivity index (χ3n) is 5.90. The van der Waals surface area contributed by atoms with E-state index in [9.17, 15) is 24.3 Å². The highest BCUT2D eigenvalue weighted by atomic mass is 16.5. The van der Waals surface area contributed by atoms with Gasteiger partial charge in [0.15, 0.2) is 0 Å². The maximum atomic E-state index is 12.9. The molecule has 1 N–H and O–H groups in total. The molecule has 2 aromatic rings. The van der Waals surface area contributed by atoms with E-state index in [-0.39, 0.29) is 49.5 Å². The van der Waals surface area contributed by atoms with Gasteiger partial charge in [0.05, 0.1) is 0 Å². The number of esters is 1.